The number of hydrogen-bond acceptors (Lipinski definition) is 6. The Kier molecular flexibility index (Phi) is 2.66. The highest BCUT2D eigenvalue weighted by Crippen LogP contribution is 2.45. The topological polar surface area (TPSA) is 108 Å². The predicted molar refractivity (Wildman–Crippen MR) is 68.3 cm³/mol. The van der Waals surface area contributed by atoms with Crippen LogP contribution in [0.5, 0.6) is 5.75 Å². The van der Waals surface area contributed by atoms with Gasteiger partial charge in [0.05, 0.1) is 20.8 Å². The van der Waals surface area contributed by atoms with E-state index >= 15 is 0 Å². The Morgan fingerprint density at radius 2 is 2.38 bits per heavy atom. The summed E-state index contributed by atoms with van der Waals surface area (Å²) in [5.74, 6) is -3.22. The van der Waals surface area contributed by atoms with Crippen molar-refractivity contribution in [1.82, 2.24) is 0 Å². The van der Waals surface area contributed by atoms with E-state index in [1.165, 1.54) is 0 Å². The van der Waals surface area contributed by atoms with Crippen LogP contribution in [0.2, 0.25) is 0 Å². The maximum Gasteiger partial charge on any atom is 0.511 e. The lowest BCUT2D eigenvalue weighted by molar-refractivity contribution is -0.385. The molecule has 2 fully saturated rings. The van der Waals surface area contributed by atoms with Crippen LogP contribution in [0.15, 0.2) is 18.2 Å². The molecular formula is C13H13NO7. The van der Waals surface area contributed by atoms with Crippen molar-refractivity contribution in [2.45, 2.75) is 18.6 Å². The van der Waals surface area contributed by atoms with Gasteiger partial charge in [0.1, 0.15) is 5.75 Å². The van der Waals surface area contributed by atoms with Crippen molar-refractivity contribution in [3.63, 3.8) is 0 Å². The molecular weight excluding hydrogens is 282 g/mol. The zero-order valence-electron chi connectivity index (χ0n) is 13.6. The fourth-order valence-electron chi connectivity index (χ4n) is 2.44. The van der Waals surface area contributed by atoms with Crippen molar-refractivity contribution in [2.24, 2.45) is 5.92 Å². The Morgan fingerprint density at radius 1 is 1.57 bits per heavy atom. The van der Waals surface area contributed by atoms with E-state index in [9.17, 15) is 14.9 Å². The third-order valence-corrected chi connectivity index (χ3v) is 3.36. The summed E-state index contributed by atoms with van der Waals surface area (Å²) in [5.41, 5.74) is -0.672. The Balaban J connectivity index is 2.19. The molecule has 0 spiro atoms. The number of fused-ring (bicyclic) bond motifs is 1. The van der Waals surface area contributed by atoms with E-state index in [-0.39, 0.29) is 17.9 Å². The van der Waals surface area contributed by atoms with E-state index in [1.807, 2.05) is 0 Å². The van der Waals surface area contributed by atoms with Gasteiger partial charge in [-0.1, -0.05) is 0 Å². The van der Waals surface area contributed by atoms with Crippen LogP contribution in [-0.2, 0) is 9.47 Å². The molecule has 0 saturated carbocycles. The quantitative estimate of drug-likeness (QED) is 0.394. The molecule has 21 heavy (non-hydrogen) atoms. The summed E-state index contributed by atoms with van der Waals surface area (Å²) < 4.78 is 39.8. The zero-order chi connectivity index (χ0) is 17.7. The second-order valence-corrected chi connectivity index (χ2v) is 4.57. The molecule has 2 heterocycles. The average molecular weight is 298 g/mol. The summed E-state index contributed by atoms with van der Waals surface area (Å²) in [6.07, 6.45) is -2.36. The second-order valence-electron chi connectivity index (χ2n) is 4.57. The molecule has 3 rings (SSSR count). The lowest BCUT2D eigenvalue weighted by atomic mass is 9.86. The summed E-state index contributed by atoms with van der Waals surface area (Å²) in [4.78, 5) is 21.2. The van der Waals surface area contributed by atoms with Gasteiger partial charge in [0.25, 0.3) is 5.69 Å². The highest BCUT2D eigenvalue weighted by molar-refractivity contribution is 5.63. The predicted octanol–water partition coefficient (Wildman–Crippen LogP) is 2.13. The van der Waals surface area contributed by atoms with Crippen LogP contribution >= 0.6 is 0 Å². The molecule has 2 aliphatic heterocycles. The average Bonchev–Trinajstić information content (AvgIpc) is 2.99. The minimum absolute atomic E-state index is 0.246. The first-order valence-electron chi connectivity index (χ1n) is 7.66. The van der Waals surface area contributed by atoms with Crippen LogP contribution < -0.4 is 4.74 Å². The van der Waals surface area contributed by atoms with E-state index in [0.29, 0.717) is 6.42 Å². The molecule has 0 unspecified atom stereocenters. The van der Waals surface area contributed by atoms with E-state index < -0.39 is 41.4 Å². The first-order valence-corrected chi connectivity index (χ1v) is 6.16. The zero-order valence-corrected chi connectivity index (χ0v) is 10.6. The minimum atomic E-state index is -2.55. The van der Waals surface area contributed by atoms with Crippen molar-refractivity contribution in [1.29, 1.82) is 0 Å². The molecule has 0 radical (unpaired) electrons. The molecule has 112 valence electrons. The number of carboxylic acid groups (broad SMARTS) is 1. The number of ether oxygens (including phenoxy) is 3. The lowest BCUT2D eigenvalue weighted by Crippen LogP contribution is -2.15. The Hall–Kier alpha value is -2.19. The second kappa shape index (κ2) is 5.30. The molecule has 3 atom stereocenters. The van der Waals surface area contributed by atoms with Crippen molar-refractivity contribution in [2.75, 3.05) is 13.2 Å². The van der Waals surface area contributed by atoms with Gasteiger partial charge in [-0.2, -0.15) is 0 Å². The monoisotopic (exact) mass is 298 g/mol. The van der Waals surface area contributed by atoms with Gasteiger partial charge in [0, 0.05) is 30.9 Å². The minimum Gasteiger partial charge on any atom is -0.449 e. The van der Waals surface area contributed by atoms with Gasteiger partial charge in [-0.05, 0) is 12.5 Å². The molecule has 2 aliphatic rings. The van der Waals surface area contributed by atoms with Crippen LogP contribution in [0.1, 0.15) is 22.0 Å². The van der Waals surface area contributed by atoms with E-state index in [0.717, 1.165) is 18.2 Å². The van der Waals surface area contributed by atoms with Crippen LogP contribution in [0.3, 0.4) is 0 Å². The highest BCUT2D eigenvalue weighted by atomic mass is 16.7. The number of hydrogen-bond donors (Lipinski definition) is 1. The first-order chi connectivity index (χ1) is 11.2. The Labute approximate surface area is 123 Å². The van der Waals surface area contributed by atoms with Gasteiger partial charge in [0.2, 0.25) is 0 Å². The normalized spacial score (nSPS) is 35.3. The Bertz CT molecular complexity index is 713. The van der Waals surface area contributed by atoms with Crippen molar-refractivity contribution >= 4 is 11.8 Å². The van der Waals surface area contributed by atoms with Gasteiger partial charge >= 0.3 is 6.16 Å². The number of non-ortho nitro benzene ring substituents is 1. The number of nitrogens with zero attached hydrogens (tertiary/aromatic N) is 1. The molecule has 1 N–H and O–H groups in total. The maximum atomic E-state index is 11.0. The van der Waals surface area contributed by atoms with E-state index in [2.05, 4.69) is 4.74 Å². The standard InChI is InChI=1S/C13H13NO7/c15-13(16)21-11-2-1-7(14(17)18)5-9(11)10-6-20-12-8(10)3-4-19-12/h1-2,5,8,10,12H,3-4,6H2,(H,15,16)/t8-,10+,12+/m0/s1/i6D2,10D. The third kappa shape index (κ3) is 2.55. The largest absolute Gasteiger partial charge is 0.511 e. The molecule has 0 bridgehead atoms. The number of nitro groups is 1. The molecule has 8 heteroatoms. The number of nitro benzene ring substituents is 1. The molecule has 2 saturated heterocycles. The maximum absolute atomic E-state index is 11.0. The molecule has 0 aromatic heterocycles. The summed E-state index contributed by atoms with van der Waals surface area (Å²) >= 11 is 0. The van der Waals surface area contributed by atoms with Gasteiger partial charge in [0.15, 0.2) is 6.29 Å². The van der Waals surface area contributed by atoms with Crippen LogP contribution in [-0.4, -0.2) is 35.6 Å². The molecule has 1 aromatic rings. The smallest absolute Gasteiger partial charge is 0.449 e. The lowest BCUT2D eigenvalue weighted by Gasteiger charge is -2.17. The van der Waals surface area contributed by atoms with Gasteiger partial charge in [-0.15, -0.1) is 0 Å². The van der Waals surface area contributed by atoms with Crippen LogP contribution in [0.25, 0.3) is 0 Å². The van der Waals surface area contributed by atoms with E-state index in [4.69, 9.17) is 18.7 Å². The molecule has 1 aromatic carbocycles. The highest BCUT2D eigenvalue weighted by Gasteiger charge is 2.43. The van der Waals surface area contributed by atoms with Gasteiger partial charge in [-0.3, -0.25) is 10.1 Å². The molecule has 0 amide bonds. The van der Waals surface area contributed by atoms with Gasteiger partial charge in [-0.25, -0.2) is 4.79 Å². The van der Waals surface area contributed by atoms with Crippen LogP contribution in [0, 0.1) is 16.0 Å². The van der Waals surface area contributed by atoms with Crippen molar-refractivity contribution in [3.8, 4) is 5.75 Å². The van der Waals surface area contributed by atoms with Crippen molar-refractivity contribution in [3.05, 3.63) is 33.9 Å². The third-order valence-electron chi connectivity index (χ3n) is 3.36. The summed E-state index contributed by atoms with van der Waals surface area (Å²) in [6, 6.07) is 3.02. The molecule has 0 aliphatic carbocycles. The number of benzene rings is 1. The van der Waals surface area contributed by atoms with Gasteiger partial charge < -0.3 is 19.3 Å². The number of carbonyl (C=O) groups is 1. The molecule has 8 nitrogen and oxygen atoms in total. The Morgan fingerprint density at radius 3 is 3.10 bits per heavy atom. The first kappa shape index (κ1) is 10.5. The van der Waals surface area contributed by atoms with E-state index in [1.54, 1.807) is 0 Å². The summed E-state index contributed by atoms with van der Waals surface area (Å²) in [5, 5.41) is 19.9. The SMILES string of the molecule is [2H]C1([2H])O[C@H]2OCC[C@H]2[C@]1([2H])c1cc([N+](=O)[O-])ccc1OC(=O)O. The van der Waals surface area contributed by atoms with Crippen molar-refractivity contribution < 1.29 is 33.1 Å². The fraction of sp³-hybridized carbons (Fsp3) is 0.462. The summed E-state index contributed by atoms with van der Waals surface area (Å²) in [7, 11) is 0. The fourth-order valence-corrected chi connectivity index (χ4v) is 2.44. The van der Waals surface area contributed by atoms with Crippen LogP contribution in [0.4, 0.5) is 10.5 Å². The number of rotatable bonds is 3. The summed E-state index contributed by atoms with van der Waals surface area (Å²) in [6.45, 7) is -2.30.